The first-order chi connectivity index (χ1) is 14.1. The predicted molar refractivity (Wildman–Crippen MR) is 120 cm³/mol. The third-order valence-corrected chi connectivity index (χ3v) is 8.30. The number of thioether (sulfide) groups is 1. The number of hydrogen-bond acceptors (Lipinski definition) is 7. The second kappa shape index (κ2) is 9.25. The largest absolute Gasteiger partial charge is 0.353 e. The van der Waals surface area contributed by atoms with Gasteiger partial charge in [-0.1, -0.05) is 18.2 Å². The Morgan fingerprint density at radius 3 is 2.53 bits per heavy atom. The predicted octanol–water partition coefficient (Wildman–Crippen LogP) is 1.50. The van der Waals surface area contributed by atoms with Gasteiger partial charge in [0.05, 0.1) is 17.3 Å². The van der Waals surface area contributed by atoms with Crippen molar-refractivity contribution in [1.29, 1.82) is 0 Å². The van der Waals surface area contributed by atoms with E-state index in [1.807, 2.05) is 49.3 Å². The Hall–Kier alpha value is -1.63. The van der Waals surface area contributed by atoms with Crippen LogP contribution in [0.4, 0.5) is 5.69 Å². The van der Waals surface area contributed by atoms with Crippen LogP contribution in [-0.4, -0.2) is 60.8 Å². The molecule has 3 rings (SSSR count). The van der Waals surface area contributed by atoms with Crippen LogP contribution in [0.2, 0.25) is 0 Å². The lowest BCUT2D eigenvalue weighted by molar-refractivity contribution is 0.379. The van der Waals surface area contributed by atoms with Crippen molar-refractivity contribution in [1.82, 2.24) is 9.62 Å². The maximum Gasteiger partial charge on any atom is 0.244 e. The van der Waals surface area contributed by atoms with E-state index in [9.17, 15) is 16.8 Å². The van der Waals surface area contributed by atoms with Gasteiger partial charge in [-0.2, -0.15) is 4.72 Å². The molecule has 3 N–H and O–H groups in total. The van der Waals surface area contributed by atoms with Crippen LogP contribution in [0.15, 0.2) is 63.2 Å². The molecule has 1 aliphatic heterocycles. The second-order valence-corrected chi connectivity index (χ2v) is 11.7. The summed E-state index contributed by atoms with van der Waals surface area (Å²) in [5, 5.41) is 5.20. The minimum absolute atomic E-state index is 0.0275. The van der Waals surface area contributed by atoms with E-state index in [-0.39, 0.29) is 22.5 Å². The number of anilines is 1. The number of fused-ring (bicyclic) bond motifs is 1. The van der Waals surface area contributed by atoms with Gasteiger partial charge < -0.3 is 9.80 Å². The molecule has 2 aromatic carbocycles. The molecule has 0 radical (unpaired) electrons. The molecule has 0 saturated carbocycles. The molecule has 0 amide bonds. The molecule has 0 unspecified atom stereocenters. The van der Waals surface area contributed by atoms with E-state index < -0.39 is 20.0 Å². The number of primary sulfonamides is 1. The van der Waals surface area contributed by atoms with Gasteiger partial charge in [0.2, 0.25) is 20.0 Å². The maximum absolute atomic E-state index is 12.6. The summed E-state index contributed by atoms with van der Waals surface area (Å²) in [5.41, 5.74) is 0.485. The van der Waals surface area contributed by atoms with Gasteiger partial charge in [-0.15, -0.1) is 11.8 Å². The molecule has 0 aromatic heterocycles. The van der Waals surface area contributed by atoms with Gasteiger partial charge in [0, 0.05) is 16.7 Å². The molecule has 0 bridgehead atoms. The summed E-state index contributed by atoms with van der Waals surface area (Å²) in [6, 6.07) is 14.1. The van der Waals surface area contributed by atoms with Gasteiger partial charge in [-0.05, 0) is 57.4 Å². The molecule has 164 valence electrons. The fraction of sp³-hybridized carbons (Fsp3) is 0.368. The highest BCUT2D eigenvalue weighted by Crippen LogP contribution is 2.34. The summed E-state index contributed by atoms with van der Waals surface area (Å²) >= 11 is 1.70. The van der Waals surface area contributed by atoms with Gasteiger partial charge in [-0.3, -0.25) is 0 Å². The van der Waals surface area contributed by atoms with Crippen molar-refractivity contribution >= 4 is 37.5 Å². The van der Waals surface area contributed by atoms with Crippen LogP contribution in [0.25, 0.3) is 0 Å². The van der Waals surface area contributed by atoms with Crippen LogP contribution in [0.3, 0.4) is 0 Å². The van der Waals surface area contributed by atoms with E-state index in [1.54, 1.807) is 11.8 Å². The van der Waals surface area contributed by atoms with Crippen molar-refractivity contribution in [2.45, 2.75) is 27.1 Å². The minimum Gasteiger partial charge on any atom is -0.353 e. The van der Waals surface area contributed by atoms with Crippen LogP contribution in [0, 0.1) is 0 Å². The number of hydrogen-bond donors (Lipinski definition) is 2. The second-order valence-electron chi connectivity index (χ2n) is 7.32. The molecule has 0 saturated heterocycles. The Morgan fingerprint density at radius 2 is 1.90 bits per heavy atom. The maximum atomic E-state index is 12.6. The van der Waals surface area contributed by atoms with Crippen LogP contribution >= 0.6 is 11.8 Å². The Labute approximate surface area is 182 Å². The van der Waals surface area contributed by atoms with E-state index in [2.05, 4.69) is 9.62 Å². The number of benzene rings is 2. The molecule has 0 aliphatic carbocycles. The highest BCUT2D eigenvalue weighted by molar-refractivity contribution is 7.99. The van der Waals surface area contributed by atoms with Crippen molar-refractivity contribution in [2.75, 3.05) is 38.0 Å². The average Bonchev–Trinajstić information content (AvgIpc) is 2.68. The fourth-order valence-electron chi connectivity index (χ4n) is 3.21. The number of rotatable bonds is 8. The number of nitrogens with one attached hydrogen (secondary N) is 1. The van der Waals surface area contributed by atoms with Gasteiger partial charge in [-0.25, -0.2) is 22.0 Å². The Kier molecular flexibility index (Phi) is 7.10. The Morgan fingerprint density at radius 1 is 1.20 bits per heavy atom. The van der Waals surface area contributed by atoms with E-state index >= 15 is 0 Å². The Balaban J connectivity index is 1.95. The van der Waals surface area contributed by atoms with Crippen LogP contribution in [-0.2, 0) is 20.0 Å². The standard InChI is InChI=1S/C19H26N4O4S3/c1-22(2)11-10-15(13-28-16-6-4-3-5-7-16)23-14-21-30(26,27)19-12-17(29(20,24)25)8-9-18(19)23/h3-9,12,15,21H,10-11,13-14H2,1-2H3,(H2,20,24,25)/t15-/m1/s1. The van der Waals surface area contributed by atoms with Gasteiger partial charge in [0.15, 0.2) is 0 Å². The van der Waals surface area contributed by atoms with Gasteiger partial charge in [0.1, 0.15) is 4.90 Å². The zero-order valence-corrected chi connectivity index (χ0v) is 19.3. The smallest absolute Gasteiger partial charge is 0.244 e. The number of nitrogens with two attached hydrogens (primary N) is 1. The summed E-state index contributed by atoms with van der Waals surface area (Å²) in [6.07, 6.45) is 0.810. The molecule has 8 nitrogen and oxygen atoms in total. The normalized spacial score (nSPS) is 17.0. The molecule has 1 heterocycles. The minimum atomic E-state index is -4.01. The average molecular weight is 471 g/mol. The van der Waals surface area contributed by atoms with E-state index in [0.29, 0.717) is 5.69 Å². The van der Waals surface area contributed by atoms with Crippen molar-refractivity contribution in [3.8, 4) is 0 Å². The first-order valence-corrected chi connectivity index (χ1v) is 13.4. The summed E-state index contributed by atoms with van der Waals surface area (Å²) in [4.78, 5) is 4.91. The van der Waals surface area contributed by atoms with Crippen LogP contribution in [0.5, 0.6) is 0 Å². The molecule has 1 atom stereocenters. The lowest BCUT2D eigenvalue weighted by atomic mass is 10.1. The van der Waals surface area contributed by atoms with Gasteiger partial charge in [0.25, 0.3) is 0 Å². The molecule has 0 fully saturated rings. The molecular formula is C19H26N4O4S3. The molecule has 1 aliphatic rings. The molecule has 30 heavy (non-hydrogen) atoms. The molecule has 0 spiro atoms. The van der Waals surface area contributed by atoms with E-state index in [4.69, 9.17) is 5.14 Å². The first-order valence-electron chi connectivity index (χ1n) is 9.33. The number of nitrogens with zero attached hydrogens (tertiary/aromatic N) is 2. The monoisotopic (exact) mass is 470 g/mol. The van der Waals surface area contributed by atoms with Crippen molar-refractivity contribution in [3.05, 3.63) is 48.5 Å². The summed E-state index contributed by atoms with van der Waals surface area (Å²) in [7, 11) is -3.85. The van der Waals surface area contributed by atoms with Crippen molar-refractivity contribution in [2.24, 2.45) is 5.14 Å². The highest BCUT2D eigenvalue weighted by atomic mass is 32.2. The first kappa shape index (κ1) is 23.0. The zero-order valence-electron chi connectivity index (χ0n) is 16.9. The number of sulfonamides is 2. The molecule has 2 aromatic rings. The third-order valence-electron chi connectivity index (χ3n) is 4.82. The lowest BCUT2D eigenvalue weighted by Gasteiger charge is -2.38. The molecule has 11 heteroatoms. The summed E-state index contributed by atoms with van der Waals surface area (Å²) in [6.45, 7) is 0.950. The summed E-state index contributed by atoms with van der Waals surface area (Å²) < 4.78 is 51.2. The SMILES string of the molecule is CN(C)CC[C@H](CSc1ccccc1)N1CNS(=O)(=O)c2cc(S(N)(=O)=O)ccc21. The quantitative estimate of drug-likeness (QED) is 0.562. The topological polar surface area (TPSA) is 113 Å². The van der Waals surface area contributed by atoms with Crippen LogP contribution < -0.4 is 14.8 Å². The summed E-state index contributed by atoms with van der Waals surface area (Å²) in [5.74, 6) is 0.746. The van der Waals surface area contributed by atoms with Gasteiger partial charge >= 0.3 is 0 Å². The lowest BCUT2D eigenvalue weighted by Crippen LogP contribution is -2.50. The van der Waals surface area contributed by atoms with Crippen molar-refractivity contribution in [3.63, 3.8) is 0 Å². The van der Waals surface area contributed by atoms with E-state index in [1.165, 1.54) is 12.1 Å². The van der Waals surface area contributed by atoms with E-state index in [0.717, 1.165) is 29.7 Å². The highest BCUT2D eigenvalue weighted by Gasteiger charge is 2.33. The Bertz CT molecular complexity index is 1090. The molecular weight excluding hydrogens is 444 g/mol. The third kappa shape index (κ3) is 5.54. The zero-order chi connectivity index (χ0) is 21.9. The van der Waals surface area contributed by atoms with Crippen LogP contribution in [0.1, 0.15) is 6.42 Å². The van der Waals surface area contributed by atoms with Crippen molar-refractivity contribution < 1.29 is 16.8 Å². The fourth-order valence-corrected chi connectivity index (χ4v) is 6.12.